The Morgan fingerprint density at radius 2 is 1.57 bits per heavy atom. The number of nitrogens with zero attached hydrogens (tertiary/aromatic N) is 2. The molecule has 0 amide bonds. The van der Waals surface area contributed by atoms with Gasteiger partial charge in [0.1, 0.15) is 10.6 Å². The molecule has 0 bridgehead atoms. The molecule has 0 fully saturated rings. The number of hydrogen-bond acceptors (Lipinski definition) is 6. The van der Waals surface area contributed by atoms with Gasteiger partial charge in [0.2, 0.25) is 0 Å². The van der Waals surface area contributed by atoms with Crippen LogP contribution in [0.15, 0.2) is 90.1 Å². The van der Waals surface area contributed by atoms with Crippen LogP contribution in [0.3, 0.4) is 0 Å². The molecule has 0 saturated carbocycles. The van der Waals surface area contributed by atoms with Crippen LogP contribution in [0.2, 0.25) is 5.02 Å². The summed E-state index contributed by atoms with van der Waals surface area (Å²) in [6.07, 6.45) is 0.929. The zero-order valence-electron chi connectivity index (χ0n) is 18.7. The number of fused-ring (bicyclic) bond motifs is 3. The van der Waals surface area contributed by atoms with Crippen LogP contribution >= 0.6 is 46.5 Å². The maximum Gasteiger partial charge on any atom is 0.191 e. The molecule has 0 spiro atoms. The van der Waals surface area contributed by atoms with Gasteiger partial charge >= 0.3 is 0 Å². The Bertz CT molecular complexity index is 1470. The molecule has 0 saturated heterocycles. The van der Waals surface area contributed by atoms with E-state index in [9.17, 15) is 0 Å². The molecule has 1 aliphatic heterocycles. The highest BCUT2D eigenvalue weighted by atomic mass is 35.5. The third kappa shape index (κ3) is 4.68. The SMILES string of the molecule is Nc1nc(SCc2ccc(Cl)cc2)nc2sc3c(c12)C[C@H](c1ccccc1)S[C@H]3c1ccccc1. The van der Waals surface area contributed by atoms with Crippen LogP contribution in [0.25, 0.3) is 10.2 Å². The second kappa shape index (κ2) is 9.86. The predicted octanol–water partition coefficient (Wildman–Crippen LogP) is 8.34. The van der Waals surface area contributed by atoms with Gasteiger partial charge in [0.15, 0.2) is 5.16 Å². The van der Waals surface area contributed by atoms with Gasteiger partial charge < -0.3 is 5.73 Å². The van der Waals surface area contributed by atoms with Gasteiger partial charge in [0.25, 0.3) is 0 Å². The number of thiophene rings is 1. The van der Waals surface area contributed by atoms with Crippen molar-refractivity contribution < 1.29 is 0 Å². The van der Waals surface area contributed by atoms with Crippen molar-refractivity contribution in [1.82, 2.24) is 9.97 Å². The van der Waals surface area contributed by atoms with Crippen LogP contribution in [0.1, 0.15) is 37.6 Å². The molecule has 7 heteroatoms. The number of aromatic nitrogens is 2. The number of halogens is 1. The average molecular weight is 532 g/mol. The fourth-order valence-corrected chi connectivity index (χ4v) is 8.48. The van der Waals surface area contributed by atoms with Gasteiger partial charge in [-0.2, -0.15) is 0 Å². The topological polar surface area (TPSA) is 51.8 Å². The summed E-state index contributed by atoms with van der Waals surface area (Å²) in [5.41, 5.74) is 11.7. The van der Waals surface area contributed by atoms with Crippen LogP contribution in [0.5, 0.6) is 0 Å². The first-order valence-corrected chi connectivity index (χ1v) is 14.5. The van der Waals surface area contributed by atoms with Gasteiger partial charge in [-0.15, -0.1) is 23.1 Å². The minimum absolute atomic E-state index is 0.244. The van der Waals surface area contributed by atoms with Crippen LogP contribution in [-0.2, 0) is 12.2 Å². The number of nitrogens with two attached hydrogens (primary N) is 1. The zero-order chi connectivity index (χ0) is 23.8. The molecule has 2 aromatic heterocycles. The number of thioether (sulfide) groups is 2. The van der Waals surface area contributed by atoms with Crippen molar-refractivity contribution in [2.75, 3.05) is 5.73 Å². The van der Waals surface area contributed by atoms with E-state index in [1.807, 2.05) is 36.0 Å². The third-order valence-electron chi connectivity index (χ3n) is 6.17. The van der Waals surface area contributed by atoms with Crippen molar-refractivity contribution in [2.45, 2.75) is 27.8 Å². The van der Waals surface area contributed by atoms with Crippen LogP contribution in [0.4, 0.5) is 5.82 Å². The maximum atomic E-state index is 6.60. The number of nitrogen functional groups attached to an aromatic ring is 1. The molecule has 35 heavy (non-hydrogen) atoms. The lowest BCUT2D eigenvalue weighted by Gasteiger charge is -2.30. The molecule has 0 aliphatic carbocycles. The Morgan fingerprint density at radius 3 is 2.29 bits per heavy atom. The molecule has 3 nitrogen and oxygen atoms in total. The summed E-state index contributed by atoms with van der Waals surface area (Å²) in [5, 5.41) is 3.08. The van der Waals surface area contributed by atoms with Gasteiger partial charge in [-0.1, -0.05) is 96.2 Å². The Labute approximate surface area is 222 Å². The Kier molecular flexibility index (Phi) is 6.46. The minimum atomic E-state index is 0.244. The van der Waals surface area contributed by atoms with Gasteiger partial charge in [0.05, 0.1) is 10.6 Å². The number of hydrogen-bond donors (Lipinski definition) is 1. The van der Waals surface area contributed by atoms with E-state index in [-0.39, 0.29) is 5.25 Å². The van der Waals surface area contributed by atoms with Gasteiger partial charge in [-0.25, -0.2) is 9.97 Å². The molecule has 0 radical (unpaired) electrons. The average Bonchev–Trinajstić information content (AvgIpc) is 3.28. The van der Waals surface area contributed by atoms with Crippen LogP contribution in [0, 0.1) is 0 Å². The quantitative estimate of drug-likeness (QED) is 0.182. The first-order chi connectivity index (χ1) is 17.2. The summed E-state index contributed by atoms with van der Waals surface area (Å²) in [6, 6.07) is 29.4. The largest absolute Gasteiger partial charge is 0.383 e. The molecule has 2 N–H and O–H groups in total. The fourth-order valence-electron chi connectivity index (χ4n) is 4.47. The van der Waals surface area contributed by atoms with E-state index in [1.165, 1.54) is 27.1 Å². The maximum absolute atomic E-state index is 6.60. The Morgan fingerprint density at radius 1 is 0.886 bits per heavy atom. The van der Waals surface area contributed by atoms with E-state index in [1.54, 1.807) is 23.1 Å². The second-order valence-electron chi connectivity index (χ2n) is 8.46. The monoisotopic (exact) mass is 531 g/mol. The summed E-state index contributed by atoms with van der Waals surface area (Å²) in [7, 11) is 0. The van der Waals surface area contributed by atoms with Crippen molar-refractivity contribution >= 4 is 62.5 Å². The first kappa shape index (κ1) is 22.9. The number of anilines is 1. The molecular formula is C28H22ClN3S3. The van der Waals surface area contributed by atoms with E-state index in [0.29, 0.717) is 16.2 Å². The predicted molar refractivity (Wildman–Crippen MR) is 152 cm³/mol. The molecule has 3 heterocycles. The molecule has 1 aliphatic rings. The van der Waals surface area contributed by atoms with Crippen molar-refractivity contribution in [2.24, 2.45) is 0 Å². The van der Waals surface area contributed by atoms with Gasteiger partial charge in [0, 0.05) is 20.9 Å². The summed E-state index contributed by atoms with van der Waals surface area (Å²) >= 11 is 11.4. The van der Waals surface area contributed by atoms with Crippen molar-refractivity contribution in [3.8, 4) is 0 Å². The number of rotatable bonds is 5. The summed E-state index contributed by atoms with van der Waals surface area (Å²) in [5.74, 6) is 1.35. The zero-order valence-corrected chi connectivity index (χ0v) is 21.9. The van der Waals surface area contributed by atoms with Gasteiger partial charge in [-0.3, -0.25) is 0 Å². The summed E-state index contributed by atoms with van der Waals surface area (Å²) in [4.78, 5) is 12.0. The highest BCUT2D eigenvalue weighted by molar-refractivity contribution is 8.00. The molecule has 174 valence electrons. The number of benzene rings is 3. The smallest absolute Gasteiger partial charge is 0.191 e. The normalized spacial score (nSPS) is 17.4. The summed E-state index contributed by atoms with van der Waals surface area (Å²) in [6.45, 7) is 0. The van der Waals surface area contributed by atoms with E-state index in [0.717, 1.165) is 27.4 Å². The second-order valence-corrected chi connectivity index (χ2v) is 12.2. The van der Waals surface area contributed by atoms with Crippen LogP contribution < -0.4 is 5.73 Å². The molecule has 5 aromatic rings. The fraction of sp³-hybridized carbons (Fsp3) is 0.143. The molecular weight excluding hydrogens is 510 g/mol. The third-order valence-corrected chi connectivity index (χ3v) is 10.2. The van der Waals surface area contributed by atoms with E-state index >= 15 is 0 Å². The lowest BCUT2D eigenvalue weighted by atomic mass is 9.98. The highest BCUT2D eigenvalue weighted by Crippen LogP contribution is 2.55. The molecule has 2 atom stereocenters. The molecule has 3 aromatic carbocycles. The Balaban J connectivity index is 1.39. The van der Waals surface area contributed by atoms with Gasteiger partial charge in [-0.05, 0) is 40.8 Å². The molecule has 6 rings (SSSR count). The first-order valence-electron chi connectivity index (χ1n) is 11.4. The minimum Gasteiger partial charge on any atom is -0.383 e. The lowest BCUT2D eigenvalue weighted by Crippen LogP contribution is -2.12. The van der Waals surface area contributed by atoms with E-state index in [4.69, 9.17) is 27.3 Å². The van der Waals surface area contributed by atoms with Crippen molar-refractivity contribution in [3.05, 3.63) is 117 Å². The standard InChI is InChI=1S/C28H22ClN3S3/c29-20-13-11-17(12-14-20)16-33-28-31-26(30)23-21-15-22(18-7-3-1-4-8-18)34-24(19-9-5-2-6-10-19)25(21)35-27(23)32-28/h1-14,22,24H,15-16H2,(H2,30,31,32)/t22-,24+/m1/s1. The Hall–Kier alpha value is -2.51. The highest BCUT2D eigenvalue weighted by Gasteiger charge is 2.34. The van der Waals surface area contributed by atoms with Crippen molar-refractivity contribution in [3.63, 3.8) is 0 Å². The lowest BCUT2D eigenvalue weighted by molar-refractivity contribution is 0.893. The van der Waals surface area contributed by atoms with E-state index in [2.05, 4.69) is 60.7 Å². The molecule has 0 unspecified atom stereocenters. The summed E-state index contributed by atoms with van der Waals surface area (Å²) < 4.78 is 0. The van der Waals surface area contributed by atoms with E-state index < -0.39 is 0 Å². The van der Waals surface area contributed by atoms with Crippen LogP contribution in [-0.4, -0.2) is 9.97 Å². The van der Waals surface area contributed by atoms with Crippen molar-refractivity contribution in [1.29, 1.82) is 0 Å².